The molecule has 1 amide bonds. The van der Waals surface area contributed by atoms with Crippen molar-refractivity contribution in [2.24, 2.45) is 5.92 Å². The molecule has 124 valence electrons. The van der Waals surface area contributed by atoms with Crippen molar-refractivity contribution in [2.75, 3.05) is 13.1 Å². The maximum Gasteiger partial charge on any atom is 0.416 e. The van der Waals surface area contributed by atoms with Crippen molar-refractivity contribution < 1.29 is 18.0 Å². The van der Waals surface area contributed by atoms with Crippen LogP contribution in [0.3, 0.4) is 0 Å². The van der Waals surface area contributed by atoms with Crippen LogP contribution in [0, 0.1) is 5.92 Å². The Morgan fingerprint density at radius 2 is 2.18 bits per heavy atom. The Kier molecular flexibility index (Phi) is 6.68. The predicted molar refractivity (Wildman–Crippen MR) is 80.8 cm³/mol. The van der Waals surface area contributed by atoms with Gasteiger partial charge in [0.25, 0.3) is 0 Å². The number of alkyl halides is 3. The van der Waals surface area contributed by atoms with E-state index in [0.717, 1.165) is 31.6 Å². The molecule has 0 aliphatic carbocycles. The van der Waals surface area contributed by atoms with Crippen molar-refractivity contribution in [3.63, 3.8) is 0 Å². The van der Waals surface area contributed by atoms with Crippen LogP contribution < -0.4 is 10.6 Å². The summed E-state index contributed by atoms with van der Waals surface area (Å²) in [4.78, 5) is 11.9. The van der Waals surface area contributed by atoms with E-state index in [1.54, 1.807) is 13.0 Å². The zero-order chi connectivity index (χ0) is 15.5. The van der Waals surface area contributed by atoms with E-state index in [2.05, 4.69) is 10.6 Å². The second kappa shape index (κ2) is 7.83. The smallest absolute Gasteiger partial charge is 0.350 e. The zero-order valence-electron chi connectivity index (χ0n) is 12.2. The zero-order valence-corrected chi connectivity index (χ0v) is 13.1. The normalized spacial score (nSPS) is 19.4. The van der Waals surface area contributed by atoms with Gasteiger partial charge in [-0.05, 0) is 50.0 Å². The van der Waals surface area contributed by atoms with E-state index in [9.17, 15) is 18.0 Å². The molecule has 7 heteroatoms. The van der Waals surface area contributed by atoms with Crippen LogP contribution in [-0.2, 0) is 11.0 Å². The minimum Gasteiger partial charge on any atom is -0.350 e. The largest absolute Gasteiger partial charge is 0.416 e. The SMILES string of the molecule is CC(NC(=O)CC1CCNC1)c1cccc(C(F)(F)F)c1.Cl. The Hall–Kier alpha value is -1.27. The van der Waals surface area contributed by atoms with Gasteiger partial charge in [-0.15, -0.1) is 12.4 Å². The molecule has 1 aliphatic heterocycles. The first kappa shape index (κ1) is 18.8. The maximum atomic E-state index is 12.7. The highest BCUT2D eigenvalue weighted by Crippen LogP contribution is 2.30. The standard InChI is InChI=1S/C15H19F3N2O.ClH/c1-10(20-14(21)7-11-5-6-19-9-11)12-3-2-4-13(8-12)15(16,17)18;/h2-4,8,10-11,19H,5-7,9H2,1H3,(H,20,21);1H. The number of carbonyl (C=O) groups is 1. The molecule has 1 aromatic carbocycles. The quantitative estimate of drug-likeness (QED) is 0.885. The van der Waals surface area contributed by atoms with Crippen molar-refractivity contribution in [1.29, 1.82) is 0 Å². The van der Waals surface area contributed by atoms with Gasteiger partial charge in [0.05, 0.1) is 11.6 Å². The Morgan fingerprint density at radius 1 is 1.45 bits per heavy atom. The molecule has 1 aromatic rings. The minimum atomic E-state index is -4.37. The molecule has 2 unspecified atom stereocenters. The molecule has 1 aliphatic rings. The molecule has 3 nitrogen and oxygen atoms in total. The summed E-state index contributed by atoms with van der Waals surface area (Å²) in [6, 6.07) is 4.64. The maximum absolute atomic E-state index is 12.7. The summed E-state index contributed by atoms with van der Waals surface area (Å²) in [5.41, 5.74) is -0.233. The molecule has 1 fully saturated rings. The topological polar surface area (TPSA) is 41.1 Å². The summed E-state index contributed by atoms with van der Waals surface area (Å²) in [6.45, 7) is 3.44. The average molecular weight is 337 g/mol. The van der Waals surface area contributed by atoms with E-state index in [-0.39, 0.29) is 18.3 Å². The Bertz CT molecular complexity index is 502. The van der Waals surface area contributed by atoms with Crippen molar-refractivity contribution in [3.8, 4) is 0 Å². The first-order valence-corrected chi connectivity index (χ1v) is 7.03. The van der Waals surface area contributed by atoms with Crippen LogP contribution in [-0.4, -0.2) is 19.0 Å². The Morgan fingerprint density at radius 3 is 2.77 bits per heavy atom. The van der Waals surface area contributed by atoms with Crippen LogP contribution in [0.2, 0.25) is 0 Å². The summed E-state index contributed by atoms with van der Waals surface area (Å²) in [5.74, 6) is 0.201. The Balaban J connectivity index is 0.00000242. The average Bonchev–Trinajstić information content (AvgIpc) is 2.90. The first-order valence-electron chi connectivity index (χ1n) is 7.03. The fourth-order valence-corrected chi connectivity index (χ4v) is 2.52. The molecule has 2 rings (SSSR count). The van der Waals surface area contributed by atoms with Gasteiger partial charge in [0.15, 0.2) is 0 Å². The summed E-state index contributed by atoms with van der Waals surface area (Å²) < 4.78 is 38.0. The highest BCUT2D eigenvalue weighted by molar-refractivity contribution is 5.85. The highest BCUT2D eigenvalue weighted by Gasteiger charge is 2.30. The molecule has 22 heavy (non-hydrogen) atoms. The number of hydrogen-bond acceptors (Lipinski definition) is 2. The number of halogens is 4. The van der Waals surface area contributed by atoms with Crippen molar-refractivity contribution in [1.82, 2.24) is 10.6 Å². The fraction of sp³-hybridized carbons (Fsp3) is 0.533. The second-order valence-electron chi connectivity index (χ2n) is 5.48. The molecule has 0 aromatic heterocycles. The lowest BCUT2D eigenvalue weighted by Crippen LogP contribution is -2.29. The number of nitrogens with one attached hydrogen (secondary N) is 2. The molecule has 1 heterocycles. The molecular weight excluding hydrogens is 317 g/mol. The van der Waals surface area contributed by atoms with E-state index < -0.39 is 17.8 Å². The Labute approximate surface area is 134 Å². The summed E-state index contributed by atoms with van der Waals surface area (Å²) in [7, 11) is 0. The van der Waals surface area contributed by atoms with Crippen LogP contribution in [0.4, 0.5) is 13.2 Å². The molecular formula is C15H20ClF3N2O. The lowest BCUT2D eigenvalue weighted by molar-refractivity contribution is -0.137. The van der Waals surface area contributed by atoms with Gasteiger partial charge >= 0.3 is 6.18 Å². The minimum absolute atomic E-state index is 0. The number of benzene rings is 1. The molecule has 0 saturated carbocycles. The van der Waals surface area contributed by atoms with Gasteiger partial charge in [0.2, 0.25) is 5.91 Å². The number of amides is 1. The molecule has 0 spiro atoms. The monoisotopic (exact) mass is 336 g/mol. The van der Waals surface area contributed by atoms with E-state index in [1.807, 2.05) is 0 Å². The van der Waals surface area contributed by atoms with Gasteiger partial charge in [0, 0.05) is 6.42 Å². The molecule has 2 atom stereocenters. The van der Waals surface area contributed by atoms with Gasteiger partial charge in [0.1, 0.15) is 0 Å². The van der Waals surface area contributed by atoms with Crippen molar-refractivity contribution in [2.45, 2.75) is 32.0 Å². The van der Waals surface area contributed by atoms with Crippen molar-refractivity contribution >= 4 is 18.3 Å². The van der Waals surface area contributed by atoms with E-state index in [0.29, 0.717) is 17.9 Å². The summed E-state index contributed by atoms with van der Waals surface area (Å²) in [5, 5.41) is 5.95. The highest BCUT2D eigenvalue weighted by atomic mass is 35.5. The molecule has 2 N–H and O–H groups in total. The third-order valence-electron chi connectivity index (χ3n) is 3.73. The molecule has 0 bridgehead atoms. The number of rotatable bonds is 4. The third kappa shape index (κ3) is 5.18. The van der Waals surface area contributed by atoms with Crippen LogP contribution in [0.5, 0.6) is 0 Å². The van der Waals surface area contributed by atoms with Gasteiger partial charge in [-0.1, -0.05) is 12.1 Å². The van der Waals surface area contributed by atoms with Crippen LogP contribution in [0.25, 0.3) is 0 Å². The van der Waals surface area contributed by atoms with E-state index in [4.69, 9.17) is 0 Å². The third-order valence-corrected chi connectivity index (χ3v) is 3.73. The second-order valence-corrected chi connectivity index (χ2v) is 5.48. The van der Waals surface area contributed by atoms with Gasteiger partial charge < -0.3 is 10.6 Å². The van der Waals surface area contributed by atoms with Crippen LogP contribution >= 0.6 is 12.4 Å². The van der Waals surface area contributed by atoms with E-state index >= 15 is 0 Å². The lowest BCUT2D eigenvalue weighted by atomic mass is 10.0. The van der Waals surface area contributed by atoms with Crippen LogP contribution in [0.1, 0.15) is 36.9 Å². The van der Waals surface area contributed by atoms with Crippen molar-refractivity contribution in [3.05, 3.63) is 35.4 Å². The number of hydrogen-bond donors (Lipinski definition) is 2. The first-order chi connectivity index (χ1) is 9.86. The van der Waals surface area contributed by atoms with Gasteiger partial charge in [-0.2, -0.15) is 13.2 Å². The van der Waals surface area contributed by atoms with Gasteiger partial charge in [-0.25, -0.2) is 0 Å². The summed E-state index contributed by atoms with van der Waals surface area (Å²) >= 11 is 0. The van der Waals surface area contributed by atoms with Gasteiger partial charge in [-0.3, -0.25) is 4.79 Å². The predicted octanol–water partition coefficient (Wildman–Crippen LogP) is 3.30. The molecule has 0 radical (unpaired) electrons. The van der Waals surface area contributed by atoms with Crippen LogP contribution in [0.15, 0.2) is 24.3 Å². The van der Waals surface area contributed by atoms with E-state index in [1.165, 1.54) is 6.07 Å². The number of carbonyl (C=O) groups excluding carboxylic acids is 1. The molecule has 1 saturated heterocycles. The fourth-order valence-electron chi connectivity index (χ4n) is 2.52. The lowest BCUT2D eigenvalue weighted by Gasteiger charge is -2.17. The summed E-state index contributed by atoms with van der Waals surface area (Å²) in [6.07, 6.45) is -2.99.